The summed E-state index contributed by atoms with van der Waals surface area (Å²) in [6.07, 6.45) is 8.41. The van der Waals surface area contributed by atoms with Crippen LogP contribution in [0, 0.1) is 13.8 Å². The van der Waals surface area contributed by atoms with Crippen LogP contribution in [0.25, 0.3) is 5.69 Å². The van der Waals surface area contributed by atoms with Crippen molar-refractivity contribution in [2.45, 2.75) is 63.2 Å². The van der Waals surface area contributed by atoms with Crippen LogP contribution in [-0.2, 0) is 14.6 Å². The topological polar surface area (TPSA) is 72.3 Å². The largest absolute Gasteiger partial charge is 0.335 e. The van der Waals surface area contributed by atoms with Crippen LogP contribution in [0.3, 0.4) is 0 Å². The lowest BCUT2D eigenvalue weighted by Gasteiger charge is -2.34. The van der Waals surface area contributed by atoms with E-state index in [1.165, 1.54) is 17.3 Å². The maximum absolute atomic E-state index is 13.3. The number of hydrogen-bond acceptors (Lipinski definition) is 5. The lowest BCUT2D eigenvalue weighted by molar-refractivity contribution is -0.132. The van der Waals surface area contributed by atoms with Crippen LogP contribution in [-0.4, -0.2) is 58.1 Å². The average molecular weight is 448 g/mol. The fourth-order valence-corrected chi connectivity index (χ4v) is 7.29. The van der Waals surface area contributed by atoms with E-state index in [4.69, 9.17) is 0 Å². The molecule has 2 aromatic rings. The van der Waals surface area contributed by atoms with Gasteiger partial charge in [0.25, 0.3) is 0 Å². The molecule has 0 N–H and O–H groups in total. The molecule has 1 atom stereocenters. The predicted octanol–water partition coefficient (Wildman–Crippen LogP) is 3.54. The summed E-state index contributed by atoms with van der Waals surface area (Å²) in [4.78, 5) is 19.6. The highest BCUT2D eigenvalue weighted by Gasteiger charge is 2.38. The number of thioether (sulfide) groups is 1. The molecule has 1 aromatic carbocycles. The van der Waals surface area contributed by atoms with Gasteiger partial charge in [-0.25, -0.2) is 13.4 Å². The van der Waals surface area contributed by atoms with Crippen molar-refractivity contribution >= 4 is 27.5 Å². The SMILES string of the molecule is Cc1ccc(-n2ccnc2SCC(=O)N(C2CCCC2)[C@H]2CCS(=O)(=O)C2)c(C)c1. The molecule has 4 rings (SSSR count). The summed E-state index contributed by atoms with van der Waals surface area (Å²) in [5.74, 6) is 0.606. The maximum Gasteiger partial charge on any atom is 0.233 e. The Hall–Kier alpha value is -1.80. The number of sulfone groups is 1. The second-order valence-electron chi connectivity index (χ2n) is 8.45. The molecule has 0 unspecified atom stereocenters. The minimum Gasteiger partial charge on any atom is -0.335 e. The summed E-state index contributed by atoms with van der Waals surface area (Å²) in [5, 5.41) is 0.778. The van der Waals surface area contributed by atoms with Gasteiger partial charge in [0.15, 0.2) is 15.0 Å². The molecular formula is C22H29N3O3S2. The fraction of sp³-hybridized carbons (Fsp3) is 0.545. The van der Waals surface area contributed by atoms with E-state index < -0.39 is 9.84 Å². The lowest BCUT2D eigenvalue weighted by atomic mass is 10.1. The summed E-state index contributed by atoms with van der Waals surface area (Å²) in [7, 11) is -3.03. The van der Waals surface area contributed by atoms with Crippen molar-refractivity contribution in [3.63, 3.8) is 0 Å². The number of carbonyl (C=O) groups is 1. The number of benzene rings is 1. The van der Waals surface area contributed by atoms with Gasteiger partial charge in [0.2, 0.25) is 5.91 Å². The highest BCUT2D eigenvalue weighted by Crippen LogP contribution is 2.31. The Labute approximate surface area is 183 Å². The van der Waals surface area contributed by atoms with Gasteiger partial charge < -0.3 is 4.90 Å². The zero-order valence-corrected chi connectivity index (χ0v) is 19.2. The molecule has 1 aliphatic carbocycles. The van der Waals surface area contributed by atoms with E-state index in [1.807, 2.05) is 15.7 Å². The number of nitrogens with zero attached hydrogens (tertiary/aromatic N) is 3. The van der Waals surface area contributed by atoms with Crippen LogP contribution < -0.4 is 0 Å². The summed E-state index contributed by atoms with van der Waals surface area (Å²) in [6.45, 7) is 4.14. The molecular weight excluding hydrogens is 418 g/mol. The Kier molecular flexibility index (Phi) is 6.25. The van der Waals surface area contributed by atoms with Gasteiger partial charge in [-0.05, 0) is 44.7 Å². The molecule has 30 heavy (non-hydrogen) atoms. The van der Waals surface area contributed by atoms with E-state index in [-0.39, 0.29) is 35.2 Å². The van der Waals surface area contributed by atoms with Crippen molar-refractivity contribution in [3.05, 3.63) is 41.7 Å². The zero-order chi connectivity index (χ0) is 21.3. The predicted molar refractivity (Wildman–Crippen MR) is 120 cm³/mol. The van der Waals surface area contributed by atoms with E-state index in [1.54, 1.807) is 6.20 Å². The first-order valence-corrected chi connectivity index (χ1v) is 13.4. The number of imidazole rings is 1. The third-order valence-corrected chi connectivity index (χ3v) is 8.85. The minimum absolute atomic E-state index is 0.0316. The minimum atomic E-state index is -3.03. The van der Waals surface area contributed by atoms with Gasteiger partial charge in [-0.15, -0.1) is 0 Å². The zero-order valence-electron chi connectivity index (χ0n) is 17.6. The van der Waals surface area contributed by atoms with E-state index in [2.05, 4.69) is 37.0 Å². The number of aryl methyl sites for hydroxylation is 2. The smallest absolute Gasteiger partial charge is 0.233 e. The quantitative estimate of drug-likeness (QED) is 0.634. The summed E-state index contributed by atoms with van der Waals surface area (Å²) >= 11 is 1.43. The van der Waals surface area contributed by atoms with Gasteiger partial charge in [-0.1, -0.05) is 42.3 Å². The number of amides is 1. The molecule has 1 saturated heterocycles. The second-order valence-corrected chi connectivity index (χ2v) is 11.6. The van der Waals surface area contributed by atoms with Crippen LogP contribution in [0.5, 0.6) is 0 Å². The van der Waals surface area contributed by atoms with E-state index in [9.17, 15) is 13.2 Å². The van der Waals surface area contributed by atoms with Crippen LogP contribution >= 0.6 is 11.8 Å². The highest BCUT2D eigenvalue weighted by molar-refractivity contribution is 7.99. The Morgan fingerprint density at radius 3 is 2.63 bits per heavy atom. The van der Waals surface area contributed by atoms with Crippen molar-refractivity contribution in [2.75, 3.05) is 17.3 Å². The third-order valence-electron chi connectivity index (χ3n) is 6.15. The van der Waals surface area contributed by atoms with Gasteiger partial charge in [0.1, 0.15) is 0 Å². The number of aromatic nitrogens is 2. The molecule has 2 fully saturated rings. The highest BCUT2D eigenvalue weighted by atomic mass is 32.2. The first-order chi connectivity index (χ1) is 14.3. The van der Waals surface area contributed by atoms with Crippen LogP contribution in [0.1, 0.15) is 43.2 Å². The molecule has 0 spiro atoms. The van der Waals surface area contributed by atoms with Crippen LogP contribution in [0.2, 0.25) is 0 Å². The first-order valence-electron chi connectivity index (χ1n) is 10.6. The van der Waals surface area contributed by atoms with E-state index >= 15 is 0 Å². The molecule has 8 heteroatoms. The maximum atomic E-state index is 13.3. The first kappa shape index (κ1) is 21.4. The fourth-order valence-electron chi connectivity index (χ4n) is 4.74. The second kappa shape index (κ2) is 8.75. The number of hydrogen-bond donors (Lipinski definition) is 0. The van der Waals surface area contributed by atoms with Crippen LogP contribution in [0.15, 0.2) is 35.7 Å². The molecule has 162 valence electrons. The Morgan fingerprint density at radius 2 is 1.97 bits per heavy atom. The van der Waals surface area contributed by atoms with E-state index in [0.717, 1.165) is 42.1 Å². The lowest BCUT2D eigenvalue weighted by Crippen LogP contribution is -2.47. The standard InChI is InChI=1S/C22H29N3O3S2/c1-16-7-8-20(17(2)13-16)24-11-10-23-22(24)29-14-21(26)25(18-5-3-4-6-18)19-9-12-30(27,28)15-19/h7-8,10-11,13,18-19H,3-6,9,12,14-15H2,1-2H3/t19-/m0/s1. The molecule has 1 aromatic heterocycles. The average Bonchev–Trinajstić information content (AvgIpc) is 3.42. The number of rotatable bonds is 6. The van der Waals surface area contributed by atoms with Gasteiger partial charge >= 0.3 is 0 Å². The van der Waals surface area contributed by atoms with Gasteiger partial charge in [0.05, 0.1) is 22.9 Å². The van der Waals surface area contributed by atoms with Gasteiger partial charge in [-0.2, -0.15) is 0 Å². The Bertz CT molecular complexity index is 1030. The third kappa shape index (κ3) is 4.59. The molecule has 2 aliphatic rings. The van der Waals surface area contributed by atoms with Crippen molar-refractivity contribution in [1.29, 1.82) is 0 Å². The van der Waals surface area contributed by atoms with Crippen molar-refractivity contribution in [3.8, 4) is 5.69 Å². The monoisotopic (exact) mass is 447 g/mol. The Morgan fingerprint density at radius 1 is 1.20 bits per heavy atom. The van der Waals surface area contributed by atoms with Crippen LogP contribution in [0.4, 0.5) is 0 Å². The van der Waals surface area contributed by atoms with Crippen molar-refractivity contribution in [2.24, 2.45) is 0 Å². The van der Waals surface area contributed by atoms with Crippen molar-refractivity contribution < 1.29 is 13.2 Å². The molecule has 1 saturated carbocycles. The summed E-state index contributed by atoms with van der Waals surface area (Å²) < 4.78 is 26.1. The summed E-state index contributed by atoms with van der Waals surface area (Å²) in [6, 6.07) is 6.29. The molecule has 1 amide bonds. The van der Waals surface area contributed by atoms with E-state index in [0.29, 0.717) is 6.42 Å². The molecule has 2 heterocycles. The van der Waals surface area contributed by atoms with Crippen molar-refractivity contribution in [1.82, 2.24) is 14.5 Å². The molecule has 6 nitrogen and oxygen atoms in total. The molecule has 1 aliphatic heterocycles. The normalized spacial score (nSPS) is 21.2. The van der Waals surface area contributed by atoms with Gasteiger partial charge in [0, 0.05) is 24.5 Å². The molecule has 0 bridgehead atoms. The number of carbonyl (C=O) groups excluding carboxylic acids is 1. The molecule has 0 radical (unpaired) electrons. The summed E-state index contributed by atoms with van der Waals surface area (Å²) in [5.41, 5.74) is 3.42. The Balaban J connectivity index is 1.50. The van der Waals surface area contributed by atoms with Gasteiger partial charge in [-0.3, -0.25) is 9.36 Å².